The van der Waals surface area contributed by atoms with Crippen molar-refractivity contribution in [2.24, 2.45) is 71.6 Å². The molecule has 0 saturated carbocycles. The summed E-state index contributed by atoms with van der Waals surface area (Å²) in [7, 11) is 0. The predicted octanol–water partition coefficient (Wildman–Crippen LogP) is -7.41. The highest BCUT2D eigenvalue weighted by atomic mass is 17.2. The van der Waals surface area contributed by atoms with Crippen LogP contribution >= 0.6 is 0 Å². The van der Waals surface area contributed by atoms with Gasteiger partial charge >= 0.3 is 5.97 Å². The van der Waals surface area contributed by atoms with Crippen LogP contribution in [0.1, 0.15) is 27.5 Å². The topological polar surface area (TPSA) is 635 Å². The van der Waals surface area contributed by atoms with Gasteiger partial charge in [0, 0.05) is 12.6 Å². The van der Waals surface area contributed by atoms with E-state index in [1.807, 2.05) is 16.0 Å². The maximum absolute atomic E-state index is 14.5. The molecule has 396 valence electrons. The summed E-state index contributed by atoms with van der Waals surface area (Å²) in [6.07, 6.45) is -8.64. The molecule has 27 N–H and O–H groups in total. The average molecular weight is 1040 g/mol. The number of aromatic carboxylic acids is 1. The van der Waals surface area contributed by atoms with Crippen LogP contribution in [0.5, 0.6) is 0 Å². The second-order valence-corrected chi connectivity index (χ2v) is 14.5. The summed E-state index contributed by atoms with van der Waals surface area (Å²) < 4.78 is 0. The first kappa shape index (κ1) is 57.6. The summed E-state index contributed by atoms with van der Waals surface area (Å²) in [5, 5.41) is 64.5. The van der Waals surface area contributed by atoms with Gasteiger partial charge < -0.3 is 93.3 Å². The third kappa shape index (κ3) is 16.5. The van der Waals surface area contributed by atoms with E-state index in [4.69, 9.17) is 56.9 Å². The minimum atomic E-state index is -2.28. The lowest BCUT2D eigenvalue weighted by atomic mass is 10.0. The van der Waals surface area contributed by atoms with Gasteiger partial charge in [0.1, 0.15) is 17.8 Å². The standard InChI is InChI=1S/C37H48N22O15/c38-23(61)24(52-34(39)40)48-30(64)26(54-36(43)44)50-32(66)27(55-37(45)46)51-31(65)25(53-35(41)42)49-29(63)21(15-4-2-1-3-5-15)47-28(62)20(13-60)57(12-14-6-8-16(9-7-14)56-74-73)22-18(33(67)68)10-17(58(69)70)11-19(22)59(71)72/h1-11,20-21,24-27,56,60,73H,12-13H2,(H2,38,61)(H,47,62)(H,48,64)(H,49,63)(H,50,66)(H,51,65)(H,67,68)(H4,39,40,52)(H4,41,42,53)(H4,43,44,54)(H4,45,46,55). The Morgan fingerprint density at radius 3 is 1.49 bits per heavy atom. The molecule has 0 fully saturated rings. The lowest BCUT2D eigenvalue weighted by Crippen LogP contribution is -2.58. The Hall–Kier alpha value is -10.7. The second-order valence-electron chi connectivity index (χ2n) is 14.5. The number of nitro groups is 2. The van der Waals surface area contributed by atoms with Crippen molar-refractivity contribution in [3.63, 3.8) is 0 Å². The van der Waals surface area contributed by atoms with E-state index < -0.39 is 148 Å². The Bertz CT molecular complexity index is 2690. The van der Waals surface area contributed by atoms with Crippen LogP contribution in [0, 0.1) is 20.2 Å². The third-order valence-corrected chi connectivity index (χ3v) is 9.25. The maximum atomic E-state index is 14.5. The van der Waals surface area contributed by atoms with Gasteiger partial charge in [-0.05, 0) is 23.3 Å². The summed E-state index contributed by atoms with van der Waals surface area (Å²) in [5.41, 5.74) is 46.7. The van der Waals surface area contributed by atoms with Crippen molar-refractivity contribution in [2.45, 2.75) is 43.3 Å². The lowest BCUT2D eigenvalue weighted by Gasteiger charge is -2.33. The average Bonchev–Trinajstić information content (AvgIpc) is 3.31. The molecular formula is C37H48N22O15. The van der Waals surface area contributed by atoms with E-state index in [0.29, 0.717) is 12.1 Å². The molecule has 0 aliphatic rings. The molecule has 6 amide bonds. The molecule has 0 spiro atoms. The van der Waals surface area contributed by atoms with Crippen molar-refractivity contribution in [3.8, 4) is 0 Å². The molecular weight excluding hydrogens is 993 g/mol. The van der Waals surface area contributed by atoms with Crippen molar-refractivity contribution in [1.29, 1.82) is 0 Å². The molecule has 0 aliphatic carbocycles. The van der Waals surface area contributed by atoms with E-state index in [1.165, 1.54) is 54.6 Å². The van der Waals surface area contributed by atoms with E-state index in [0.717, 1.165) is 4.90 Å². The van der Waals surface area contributed by atoms with Gasteiger partial charge in [-0.15, -0.1) is 4.99 Å². The zero-order valence-electron chi connectivity index (χ0n) is 37.8. The number of aliphatic imine (C=N–C) groups is 4. The molecule has 0 aliphatic heterocycles. The number of anilines is 2. The SMILES string of the molecule is NC(=O)C(N=C(N)N)NC(=O)C(N=C(N)N)NC(=O)C(N=C(N)N)NC(=O)C(N=C(N)N)NC(=O)C(NC(=O)C(CO)N(Cc1ccc(NOO)cc1)c1c(C(=O)O)cc([N+](=O)[O-])cc1[N+](=O)[O-])c1ccccc1. The number of carbonyl (C=O) groups excluding carboxylic acids is 6. The zero-order valence-corrected chi connectivity index (χ0v) is 37.8. The van der Waals surface area contributed by atoms with Gasteiger partial charge in [0.25, 0.3) is 35.0 Å². The highest BCUT2D eigenvalue weighted by Crippen LogP contribution is 2.38. The Kier molecular flexibility index (Phi) is 20.5. The molecule has 3 aromatic carbocycles. The number of carboxylic acid groups (broad SMARTS) is 1. The van der Waals surface area contributed by atoms with Gasteiger partial charge in [-0.2, -0.15) is 0 Å². The van der Waals surface area contributed by atoms with E-state index in [9.17, 15) is 64.0 Å². The number of nitro benzene ring substituents is 2. The smallest absolute Gasteiger partial charge is 0.338 e. The van der Waals surface area contributed by atoms with E-state index in [1.54, 1.807) is 0 Å². The van der Waals surface area contributed by atoms with Crippen molar-refractivity contribution in [3.05, 3.63) is 104 Å². The van der Waals surface area contributed by atoms with Gasteiger partial charge in [-0.3, -0.25) is 49.0 Å². The Morgan fingerprint density at radius 1 is 0.622 bits per heavy atom. The van der Waals surface area contributed by atoms with Crippen molar-refractivity contribution >= 4 is 88.0 Å². The normalized spacial score (nSPS) is 12.9. The van der Waals surface area contributed by atoms with Crippen molar-refractivity contribution in [2.75, 3.05) is 17.0 Å². The molecule has 0 saturated heterocycles. The van der Waals surface area contributed by atoms with E-state index in [2.05, 4.69) is 41.1 Å². The molecule has 0 bridgehead atoms. The fourth-order valence-corrected chi connectivity index (χ4v) is 6.19. The van der Waals surface area contributed by atoms with Gasteiger partial charge in [0.2, 0.25) is 36.5 Å². The molecule has 3 aromatic rings. The molecule has 6 unspecified atom stereocenters. The largest absolute Gasteiger partial charge is 0.478 e. The number of hydrogen-bond acceptors (Lipinski definition) is 20. The number of rotatable bonds is 26. The second kappa shape index (κ2) is 26.3. The van der Waals surface area contributed by atoms with Crippen LogP contribution in [-0.4, -0.2) is 128 Å². The molecule has 0 heterocycles. The number of primary amides is 1. The number of amides is 6. The Morgan fingerprint density at radius 2 is 1.08 bits per heavy atom. The molecule has 37 nitrogen and oxygen atoms in total. The number of aliphatic hydroxyl groups is 1. The van der Waals surface area contributed by atoms with Crippen LogP contribution in [0.15, 0.2) is 86.7 Å². The fraction of sp³-hybridized carbons (Fsp3) is 0.216. The van der Waals surface area contributed by atoms with Crippen LogP contribution < -0.4 is 88.6 Å². The highest BCUT2D eigenvalue weighted by Gasteiger charge is 2.39. The molecule has 3 rings (SSSR count). The number of hydrogen-bond donors (Lipinski definition) is 18. The van der Waals surface area contributed by atoms with Gasteiger partial charge in [-0.25, -0.2) is 35.5 Å². The van der Waals surface area contributed by atoms with Crippen LogP contribution in [0.25, 0.3) is 0 Å². The summed E-state index contributed by atoms with van der Waals surface area (Å²) >= 11 is 0. The van der Waals surface area contributed by atoms with Crippen LogP contribution in [0.3, 0.4) is 0 Å². The number of carbonyl (C=O) groups is 7. The number of carboxylic acids is 1. The highest BCUT2D eigenvalue weighted by molar-refractivity contribution is 6.02. The first-order chi connectivity index (χ1) is 34.8. The summed E-state index contributed by atoms with van der Waals surface area (Å²) in [4.78, 5) is 135. The zero-order chi connectivity index (χ0) is 55.6. The molecule has 74 heavy (non-hydrogen) atoms. The number of benzene rings is 3. The number of nitrogens with one attached hydrogen (secondary N) is 6. The van der Waals surface area contributed by atoms with Crippen molar-refractivity contribution in [1.82, 2.24) is 26.6 Å². The molecule has 37 heteroatoms. The molecule has 0 aromatic heterocycles. The van der Waals surface area contributed by atoms with Gasteiger partial charge in [0.05, 0.1) is 33.8 Å². The van der Waals surface area contributed by atoms with E-state index in [-0.39, 0.29) is 16.8 Å². The maximum Gasteiger partial charge on any atom is 0.338 e. The Labute approximate surface area is 413 Å². The monoisotopic (exact) mass is 1040 g/mol. The van der Waals surface area contributed by atoms with Crippen LogP contribution in [0.2, 0.25) is 0 Å². The minimum absolute atomic E-state index is 0.0765. The van der Waals surface area contributed by atoms with Gasteiger partial charge in [-0.1, -0.05) is 42.5 Å². The number of aliphatic hydroxyl groups excluding tert-OH is 1. The number of nitrogens with zero attached hydrogens (tertiary/aromatic N) is 7. The predicted molar refractivity (Wildman–Crippen MR) is 255 cm³/mol. The summed E-state index contributed by atoms with van der Waals surface area (Å²) in [6, 6.07) is 8.87. The van der Waals surface area contributed by atoms with Crippen LogP contribution in [0.4, 0.5) is 22.7 Å². The summed E-state index contributed by atoms with van der Waals surface area (Å²) in [5.74, 6) is -13.6. The van der Waals surface area contributed by atoms with E-state index >= 15 is 0 Å². The van der Waals surface area contributed by atoms with Crippen LogP contribution in [-0.2, 0) is 40.3 Å². The number of nitrogens with two attached hydrogens (primary N) is 9. The number of non-ortho nitro benzene ring substituents is 1. The molecule has 6 atom stereocenters. The first-order valence-corrected chi connectivity index (χ1v) is 20.2. The quantitative estimate of drug-likeness (QED) is 0.0117. The first-order valence-electron chi connectivity index (χ1n) is 20.2. The van der Waals surface area contributed by atoms with Gasteiger partial charge in [0.15, 0.2) is 23.8 Å². The Balaban J connectivity index is 2.12. The fourth-order valence-electron chi connectivity index (χ4n) is 6.19. The minimum Gasteiger partial charge on any atom is -0.478 e. The lowest BCUT2D eigenvalue weighted by molar-refractivity contribution is -0.393. The van der Waals surface area contributed by atoms with Crippen molar-refractivity contribution < 1.29 is 63.9 Å². The third-order valence-electron chi connectivity index (χ3n) is 9.25. The number of guanidine groups is 4. The summed E-state index contributed by atoms with van der Waals surface area (Å²) in [6.45, 7) is -1.98. The molecule has 0 radical (unpaired) electrons.